The smallest absolute Gasteiger partial charge is 0.172 e. The highest BCUT2D eigenvalue weighted by Crippen LogP contribution is 2.23. The first-order valence-electron chi connectivity index (χ1n) is 6.87. The Labute approximate surface area is 125 Å². The molecule has 4 nitrogen and oxygen atoms in total. The highest BCUT2D eigenvalue weighted by molar-refractivity contribution is 6.02. The molecule has 0 spiro atoms. The van der Waals surface area contributed by atoms with Crippen molar-refractivity contribution in [1.29, 1.82) is 0 Å². The van der Waals surface area contributed by atoms with E-state index in [1.165, 1.54) is 16.7 Å². The number of hydrogen-bond acceptors (Lipinski definition) is 3. The van der Waals surface area contributed by atoms with Crippen LogP contribution in [-0.4, -0.2) is 18.1 Å². The molecule has 0 aliphatic rings. The van der Waals surface area contributed by atoms with Crippen LogP contribution in [0.3, 0.4) is 0 Å². The lowest BCUT2D eigenvalue weighted by Gasteiger charge is -2.24. The quantitative estimate of drug-likeness (QED) is 0.392. The molecule has 4 heteroatoms. The first-order valence-corrected chi connectivity index (χ1v) is 6.87. The van der Waals surface area contributed by atoms with Crippen LogP contribution in [0.2, 0.25) is 0 Å². The summed E-state index contributed by atoms with van der Waals surface area (Å²) in [6.07, 6.45) is 0. The van der Waals surface area contributed by atoms with Gasteiger partial charge in [0.05, 0.1) is 0 Å². The summed E-state index contributed by atoms with van der Waals surface area (Å²) in [7, 11) is 2.01. The predicted octanol–water partition coefficient (Wildman–Crippen LogP) is 3.03. The maximum atomic E-state index is 8.92. The highest BCUT2D eigenvalue weighted by atomic mass is 16.4. The first-order chi connectivity index (χ1) is 10.0. The molecule has 0 saturated carbocycles. The van der Waals surface area contributed by atoms with Crippen LogP contribution in [0.15, 0.2) is 47.6 Å². The number of oxime groups is 1. The molecule has 2 rings (SSSR count). The predicted molar refractivity (Wildman–Crippen MR) is 87.0 cm³/mol. The zero-order chi connectivity index (χ0) is 15.4. The van der Waals surface area contributed by atoms with Crippen LogP contribution in [0.4, 0.5) is 5.69 Å². The van der Waals surface area contributed by atoms with Gasteiger partial charge >= 0.3 is 0 Å². The van der Waals surface area contributed by atoms with Crippen LogP contribution in [0.5, 0.6) is 0 Å². The third-order valence-electron chi connectivity index (χ3n) is 3.74. The van der Waals surface area contributed by atoms with Crippen LogP contribution in [0.25, 0.3) is 0 Å². The van der Waals surface area contributed by atoms with Gasteiger partial charge in [0.25, 0.3) is 0 Å². The summed E-state index contributed by atoms with van der Waals surface area (Å²) in [5.41, 5.74) is 11.3. The Morgan fingerprint density at radius 3 is 2.33 bits per heavy atom. The topological polar surface area (TPSA) is 61.8 Å². The van der Waals surface area contributed by atoms with Crippen LogP contribution >= 0.6 is 0 Å². The molecule has 2 aromatic rings. The van der Waals surface area contributed by atoms with Gasteiger partial charge in [0.2, 0.25) is 0 Å². The Balaban J connectivity index is 2.36. The molecule has 0 fully saturated rings. The van der Waals surface area contributed by atoms with Crippen molar-refractivity contribution in [3.63, 3.8) is 0 Å². The van der Waals surface area contributed by atoms with Gasteiger partial charge in [-0.3, -0.25) is 0 Å². The van der Waals surface area contributed by atoms with Gasteiger partial charge < -0.3 is 15.8 Å². The van der Waals surface area contributed by atoms with Crippen molar-refractivity contribution in [3.8, 4) is 0 Å². The highest BCUT2D eigenvalue weighted by Gasteiger charge is 2.12. The number of para-hydroxylation sites is 1. The average Bonchev–Trinajstić information content (AvgIpc) is 2.50. The number of hydrogen-bond donors (Lipinski definition) is 2. The van der Waals surface area contributed by atoms with Crippen LogP contribution in [0, 0.1) is 13.8 Å². The van der Waals surface area contributed by atoms with E-state index < -0.39 is 0 Å². The lowest BCUT2D eigenvalue weighted by molar-refractivity contribution is 0.318. The number of nitrogens with two attached hydrogens (primary N) is 1. The van der Waals surface area contributed by atoms with E-state index >= 15 is 0 Å². The molecule has 0 aromatic heterocycles. The van der Waals surface area contributed by atoms with Crippen molar-refractivity contribution in [2.75, 3.05) is 11.9 Å². The SMILES string of the molecule is Cc1cccc(C)c1CN(C)c1ccccc1/C(N)=N/O. The molecule has 0 heterocycles. The number of nitrogens with zero attached hydrogens (tertiary/aromatic N) is 2. The van der Waals surface area contributed by atoms with Crippen molar-refractivity contribution in [1.82, 2.24) is 0 Å². The fraction of sp³-hybridized carbons (Fsp3) is 0.235. The number of rotatable bonds is 4. The van der Waals surface area contributed by atoms with E-state index in [9.17, 15) is 0 Å². The summed E-state index contributed by atoms with van der Waals surface area (Å²) in [6.45, 7) is 5.01. The van der Waals surface area contributed by atoms with Gasteiger partial charge in [-0.15, -0.1) is 0 Å². The summed E-state index contributed by atoms with van der Waals surface area (Å²) in [4.78, 5) is 2.11. The van der Waals surface area contributed by atoms with Gasteiger partial charge in [0.15, 0.2) is 5.84 Å². The molecule has 0 aliphatic carbocycles. The minimum Gasteiger partial charge on any atom is -0.409 e. The lowest BCUT2D eigenvalue weighted by atomic mass is 10.0. The molecule has 0 amide bonds. The fourth-order valence-corrected chi connectivity index (χ4v) is 2.50. The van der Waals surface area contributed by atoms with E-state index in [0.717, 1.165) is 17.8 Å². The van der Waals surface area contributed by atoms with E-state index in [0.29, 0.717) is 0 Å². The van der Waals surface area contributed by atoms with Gasteiger partial charge in [-0.25, -0.2) is 0 Å². The second-order valence-electron chi connectivity index (χ2n) is 5.23. The molecule has 0 bridgehead atoms. The monoisotopic (exact) mass is 283 g/mol. The summed E-state index contributed by atoms with van der Waals surface area (Å²) >= 11 is 0. The van der Waals surface area contributed by atoms with Crippen molar-refractivity contribution in [2.45, 2.75) is 20.4 Å². The fourth-order valence-electron chi connectivity index (χ4n) is 2.50. The second kappa shape index (κ2) is 6.31. The van der Waals surface area contributed by atoms with Gasteiger partial charge in [-0.1, -0.05) is 35.5 Å². The molecule has 21 heavy (non-hydrogen) atoms. The zero-order valence-electron chi connectivity index (χ0n) is 12.7. The van der Waals surface area contributed by atoms with E-state index in [1.54, 1.807) is 0 Å². The summed E-state index contributed by atoms with van der Waals surface area (Å²) < 4.78 is 0. The normalized spacial score (nSPS) is 11.5. The van der Waals surface area contributed by atoms with Crippen molar-refractivity contribution in [2.24, 2.45) is 10.9 Å². The maximum Gasteiger partial charge on any atom is 0.172 e. The molecule has 0 saturated heterocycles. The number of aryl methyl sites for hydroxylation is 2. The first kappa shape index (κ1) is 14.9. The molecule has 3 N–H and O–H groups in total. The van der Waals surface area contributed by atoms with Gasteiger partial charge in [-0.05, 0) is 42.7 Å². The third kappa shape index (κ3) is 3.16. The van der Waals surface area contributed by atoms with E-state index in [1.807, 2.05) is 31.3 Å². The van der Waals surface area contributed by atoms with E-state index in [2.05, 4.69) is 42.1 Å². The Morgan fingerprint density at radius 1 is 1.10 bits per heavy atom. The average molecular weight is 283 g/mol. The van der Waals surface area contributed by atoms with Gasteiger partial charge in [0, 0.05) is 24.8 Å². The number of benzene rings is 2. The second-order valence-corrected chi connectivity index (χ2v) is 5.23. The molecule has 110 valence electrons. The Bertz CT molecular complexity index is 645. The van der Waals surface area contributed by atoms with Crippen LogP contribution in [0.1, 0.15) is 22.3 Å². The Morgan fingerprint density at radius 2 is 1.71 bits per heavy atom. The zero-order valence-corrected chi connectivity index (χ0v) is 12.7. The maximum absolute atomic E-state index is 8.92. The van der Waals surface area contributed by atoms with Crippen molar-refractivity contribution in [3.05, 3.63) is 64.7 Å². The Kier molecular flexibility index (Phi) is 4.48. The summed E-state index contributed by atoms with van der Waals surface area (Å²) in [5.74, 6) is 0.124. The Hall–Kier alpha value is -2.49. The summed E-state index contributed by atoms with van der Waals surface area (Å²) in [5, 5.41) is 12.0. The molecule has 2 aromatic carbocycles. The van der Waals surface area contributed by atoms with Crippen molar-refractivity contribution >= 4 is 11.5 Å². The largest absolute Gasteiger partial charge is 0.409 e. The van der Waals surface area contributed by atoms with Gasteiger partial charge in [-0.2, -0.15) is 0 Å². The molecule has 0 atom stereocenters. The van der Waals surface area contributed by atoms with Crippen LogP contribution < -0.4 is 10.6 Å². The van der Waals surface area contributed by atoms with E-state index in [4.69, 9.17) is 10.9 Å². The number of anilines is 1. The third-order valence-corrected chi connectivity index (χ3v) is 3.74. The molecule has 0 unspecified atom stereocenters. The molecule has 0 aliphatic heterocycles. The molecular weight excluding hydrogens is 262 g/mol. The van der Waals surface area contributed by atoms with E-state index in [-0.39, 0.29) is 5.84 Å². The number of amidine groups is 1. The molecule has 0 radical (unpaired) electrons. The van der Waals surface area contributed by atoms with Crippen molar-refractivity contribution < 1.29 is 5.21 Å². The minimum absolute atomic E-state index is 0.124. The summed E-state index contributed by atoms with van der Waals surface area (Å²) in [6, 6.07) is 14.0. The van der Waals surface area contributed by atoms with Gasteiger partial charge in [0.1, 0.15) is 0 Å². The minimum atomic E-state index is 0.124. The van der Waals surface area contributed by atoms with Crippen LogP contribution in [-0.2, 0) is 6.54 Å². The lowest BCUT2D eigenvalue weighted by Crippen LogP contribution is -2.23. The molecular formula is C17H21N3O. The standard InChI is InChI=1S/C17H21N3O/c1-12-7-6-8-13(2)15(12)11-20(3)16-10-5-4-9-14(16)17(18)19-21/h4-10,21H,11H2,1-3H3,(H2,18,19).